The van der Waals surface area contributed by atoms with E-state index < -0.39 is 14.8 Å². The minimum atomic E-state index is -3.63. The van der Waals surface area contributed by atoms with Gasteiger partial charge >= 0.3 is 0 Å². The van der Waals surface area contributed by atoms with Gasteiger partial charge in [-0.05, 0) is 25.8 Å². The lowest BCUT2D eigenvalue weighted by atomic mass is 10.1. The Morgan fingerprint density at radius 2 is 1.96 bits per heavy atom. The monoisotopic (exact) mass is 358 g/mol. The molecule has 0 saturated carbocycles. The predicted octanol–water partition coefficient (Wildman–Crippen LogP) is 1.87. The van der Waals surface area contributed by atoms with E-state index in [0.717, 1.165) is 12.3 Å². The van der Waals surface area contributed by atoms with Gasteiger partial charge in [0, 0.05) is 18.4 Å². The van der Waals surface area contributed by atoms with Gasteiger partial charge in [0.25, 0.3) is 5.69 Å². The van der Waals surface area contributed by atoms with E-state index >= 15 is 0 Å². The molecule has 1 unspecified atom stereocenters. The Bertz CT molecular complexity index is 883. The second-order valence-electron chi connectivity index (χ2n) is 5.31. The largest absolute Gasteiger partial charge is 0.328 e. The molecule has 1 aromatic carbocycles. The number of aromatic nitrogens is 2. The van der Waals surface area contributed by atoms with Gasteiger partial charge in [0.05, 0.1) is 21.7 Å². The molecule has 0 spiro atoms. The van der Waals surface area contributed by atoms with Gasteiger partial charge < -0.3 is 5.73 Å². The van der Waals surface area contributed by atoms with Crippen molar-refractivity contribution in [1.29, 1.82) is 0 Å². The number of aryl methyl sites for hydroxylation is 1. The molecule has 0 aliphatic heterocycles. The van der Waals surface area contributed by atoms with Crippen LogP contribution in [0.4, 0.5) is 5.69 Å². The van der Waals surface area contributed by atoms with Crippen LogP contribution >= 0.6 is 11.6 Å². The molecule has 2 rings (SSSR count). The standard InChI is InChI=1S/C13H15ClN4O4S/c1-7(15)3-4-9-13(23(2,21)22)17-11-6-12(18(19)20)8(14)5-10(11)16-9/h5-7H,3-4,15H2,1-2H3. The van der Waals surface area contributed by atoms with Gasteiger partial charge in [0.1, 0.15) is 5.02 Å². The highest BCUT2D eigenvalue weighted by Gasteiger charge is 2.21. The van der Waals surface area contributed by atoms with E-state index in [1.165, 1.54) is 6.07 Å². The van der Waals surface area contributed by atoms with Gasteiger partial charge in [-0.1, -0.05) is 11.6 Å². The van der Waals surface area contributed by atoms with Crippen molar-refractivity contribution < 1.29 is 13.3 Å². The van der Waals surface area contributed by atoms with E-state index in [9.17, 15) is 18.5 Å². The number of hydrogen-bond donors (Lipinski definition) is 1. The minimum Gasteiger partial charge on any atom is -0.328 e. The van der Waals surface area contributed by atoms with Gasteiger partial charge in [-0.3, -0.25) is 10.1 Å². The number of fused-ring (bicyclic) bond motifs is 1. The third-order valence-electron chi connectivity index (χ3n) is 3.15. The molecule has 0 fully saturated rings. The van der Waals surface area contributed by atoms with Gasteiger partial charge in [0.15, 0.2) is 14.9 Å². The third-order valence-corrected chi connectivity index (χ3v) is 4.48. The summed E-state index contributed by atoms with van der Waals surface area (Å²) >= 11 is 5.86. The molecule has 23 heavy (non-hydrogen) atoms. The minimum absolute atomic E-state index is 0.0814. The van der Waals surface area contributed by atoms with Crippen molar-refractivity contribution in [3.05, 3.63) is 33.0 Å². The zero-order chi connectivity index (χ0) is 17.4. The molecule has 0 aliphatic rings. The summed E-state index contributed by atoms with van der Waals surface area (Å²) in [6, 6.07) is 2.30. The molecule has 1 heterocycles. The van der Waals surface area contributed by atoms with Crippen LogP contribution in [0, 0.1) is 10.1 Å². The molecule has 8 nitrogen and oxygen atoms in total. The van der Waals surface area contributed by atoms with Crippen LogP contribution in [0.5, 0.6) is 0 Å². The van der Waals surface area contributed by atoms with Crippen LogP contribution in [0.2, 0.25) is 5.02 Å². The first-order valence-corrected chi connectivity index (χ1v) is 8.96. The van der Waals surface area contributed by atoms with Crippen molar-refractivity contribution in [1.82, 2.24) is 9.97 Å². The average molecular weight is 359 g/mol. The second-order valence-corrected chi connectivity index (χ2v) is 7.65. The number of nitro benzene ring substituents is 1. The number of halogens is 1. The highest BCUT2D eigenvalue weighted by atomic mass is 35.5. The smallest absolute Gasteiger partial charge is 0.290 e. The highest BCUT2D eigenvalue weighted by molar-refractivity contribution is 7.90. The Balaban J connectivity index is 2.70. The van der Waals surface area contributed by atoms with Crippen molar-refractivity contribution in [2.45, 2.75) is 30.8 Å². The normalized spacial score (nSPS) is 13.2. The van der Waals surface area contributed by atoms with Gasteiger partial charge in [0.2, 0.25) is 0 Å². The summed E-state index contributed by atoms with van der Waals surface area (Å²) in [5, 5.41) is 10.7. The number of rotatable bonds is 5. The zero-order valence-corrected chi connectivity index (χ0v) is 14.1. The van der Waals surface area contributed by atoms with Crippen molar-refractivity contribution in [3.8, 4) is 0 Å². The van der Waals surface area contributed by atoms with Crippen LogP contribution in [0.25, 0.3) is 11.0 Å². The summed E-state index contributed by atoms with van der Waals surface area (Å²) in [5.41, 5.74) is 6.03. The Kier molecular flexibility index (Phi) is 4.83. The molecule has 0 bridgehead atoms. The number of hydrogen-bond acceptors (Lipinski definition) is 7. The molecule has 2 aromatic rings. The fraction of sp³-hybridized carbons (Fsp3) is 0.385. The molecule has 0 radical (unpaired) electrons. The number of sulfone groups is 1. The summed E-state index contributed by atoms with van der Waals surface area (Å²) in [6.45, 7) is 1.80. The van der Waals surface area contributed by atoms with Crippen LogP contribution in [-0.4, -0.2) is 35.6 Å². The number of nitrogens with zero attached hydrogens (tertiary/aromatic N) is 3. The quantitative estimate of drug-likeness (QED) is 0.637. The lowest BCUT2D eigenvalue weighted by Crippen LogP contribution is -2.17. The molecule has 1 aromatic heterocycles. The van der Waals surface area contributed by atoms with Gasteiger partial charge in [-0.15, -0.1) is 0 Å². The van der Waals surface area contributed by atoms with E-state index in [4.69, 9.17) is 17.3 Å². The van der Waals surface area contributed by atoms with Crippen LogP contribution in [-0.2, 0) is 16.3 Å². The lowest BCUT2D eigenvalue weighted by molar-refractivity contribution is -0.384. The third kappa shape index (κ3) is 3.92. The first kappa shape index (κ1) is 17.5. The highest BCUT2D eigenvalue weighted by Crippen LogP contribution is 2.29. The average Bonchev–Trinajstić information content (AvgIpc) is 2.42. The SMILES string of the molecule is CC(N)CCc1nc2cc(Cl)c([N+](=O)[O-])cc2nc1S(C)(=O)=O. The van der Waals surface area contributed by atoms with Crippen molar-refractivity contribution in [2.24, 2.45) is 5.73 Å². The molecule has 0 saturated heterocycles. The van der Waals surface area contributed by atoms with Crippen molar-refractivity contribution >= 4 is 38.2 Å². The molecule has 0 amide bonds. The molecular formula is C13H15ClN4O4S. The Morgan fingerprint density at radius 1 is 1.35 bits per heavy atom. The maximum atomic E-state index is 11.9. The lowest BCUT2D eigenvalue weighted by Gasteiger charge is -2.10. The topological polar surface area (TPSA) is 129 Å². The Morgan fingerprint density at radius 3 is 2.48 bits per heavy atom. The number of nitro groups is 1. The zero-order valence-electron chi connectivity index (χ0n) is 12.5. The molecule has 0 aliphatic carbocycles. The van der Waals surface area contributed by atoms with Crippen LogP contribution in [0.3, 0.4) is 0 Å². The molecular weight excluding hydrogens is 344 g/mol. The van der Waals surface area contributed by atoms with Crippen LogP contribution in [0.1, 0.15) is 19.0 Å². The van der Waals surface area contributed by atoms with Crippen molar-refractivity contribution in [2.75, 3.05) is 6.26 Å². The first-order chi connectivity index (χ1) is 10.6. The predicted molar refractivity (Wildman–Crippen MR) is 86.3 cm³/mol. The number of nitrogens with two attached hydrogens (primary N) is 1. The summed E-state index contributed by atoms with van der Waals surface area (Å²) in [4.78, 5) is 18.6. The van der Waals surface area contributed by atoms with Gasteiger partial charge in [-0.25, -0.2) is 18.4 Å². The maximum absolute atomic E-state index is 11.9. The molecule has 10 heteroatoms. The van der Waals surface area contributed by atoms with E-state index in [0.29, 0.717) is 18.4 Å². The second kappa shape index (κ2) is 6.34. The summed E-state index contributed by atoms with van der Waals surface area (Å²) in [6.07, 6.45) is 1.88. The molecule has 1 atom stereocenters. The van der Waals surface area contributed by atoms with Crippen LogP contribution in [0.15, 0.2) is 17.2 Å². The van der Waals surface area contributed by atoms with E-state index in [-0.39, 0.29) is 33.0 Å². The fourth-order valence-corrected chi connectivity index (χ4v) is 3.12. The van der Waals surface area contributed by atoms with E-state index in [2.05, 4.69) is 9.97 Å². The summed E-state index contributed by atoms with van der Waals surface area (Å²) in [5.74, 6) is 0. The molecule has 124 valence electrons. The molecule has 2 N–H and O–H groups in total. The van der Waals surface area contributed by atoms with E-state index in [1.54, 1.807) is 6.92 Å². The van der Waals surface area contributed by atoms with E-state index in [1.807, 2.05) is 0 Å². The summed E-state index contributed by atoms with van der Waals surface area (Å²) in [7, 11) is -3.63. The fourth-order valence-electron chi connectivity index (χ4n) is 2.05. The Hall–Kier alpha value is -1.84. The van der Waals surface area contributed by atoms with Crippen LogP contribution < -0.4 is 5.73 Å². The maximum Gasteiger partial charge on any atom is 0.290 e. The summed E-state index contributed by atoms with van der Waals surface area (Å²) < 4.78 is 23.9. The van der Waals surface area contributed by atoms with Crippen molar-refractivity contribution in [3.63, 3.8) is 0 Å². The van der Waals surface area contributed by atoms with Gasteiger partial charge in [-0.2, -0.15) is 0 Å². The number of benzene rings is 1. The first-order valence-electron chi connectivity index (χ1n) is 6.70. The Labute approximate surface area is 137 Å².